The Kier molecular flexibility index (Phi) is 13.8. The first-order chi connectivity index (χ1) is 26.3. The molecule has 2 aliphatic rings. The van der Waals surface area contributed by atoms with Gasteiger partial charge in [-0.05, 0) is 54.7 Å². The van der Waals surface area contributed by atoms with Crippen molar-refractivity contribution in [2.75, 3.05) is 51.1 Å². The predicted molar refractivity (Wildman–Crippen MR) is 206 cm³/mol. The molecule has 6 rings (SSSR count). The maximum absolute atomic E-state index is 13.3. The average Bonchev–Trinajstić information content (AvgIpc) is 3.64. The number of hydrogen-bond acceptors (Lipinski definition) is 10. The van der Waals surface area contributed by atoms with Gasteiger partial charge in [0, 0.05) is 42.2 Å². The topological polar surface area (TPSA) is 113 Å². The molecule has 11 nitrogen and oxygen atoms in total. The molecular formula is C42H50N2O9S. The molecular weight excluding hydrogens is 709 g/mol. The van der Waals surface area contributed by atoms with Crippen molar-refractivity contribution in [3.8, 4) is 11.5 Å². The van der Waals surface area contributed by atoms with Gasteiger partial charge in [0.2, 0.25) is 0 Å². The van der Waals surface area contributed by atoms with E-state index in [0.29, 0.717) is 52.3 Å². The maximum Gasteiger partial charge on any atom is 0.410 e. The highest BCUT2D eigenvalue weighted by atomic mass is 32.2. The van der Waals surface area contributed by atoms with E-state index in [-0.39, 0.29) is 31.3 Å². The number of piperidine rings is 1. The van der Waals surface area contributed by atoms with Gasteiger partial charge in [-0.2, -0.15) is 8.42 Å². The molecule has 2 fully saturated rings. The number of methoxy groups -OCH3 is 1. The molecule has 2 saturated heterocycles. The Hall–Kier alpha value is -4.62. The van der Waals surface area contributed by atoms with Gasteiger partial charge in [0.15, 0.2) is 0 Å². The fraction of sp³-hybridized carbons (Fsp3) is 0.405. The molecule has 0 saturated carbocycles. The quantitative estimate of drug-likeness (QED) is 0.0804. The molecule has 0 bridgehead atoms. The number of benzene rings is 4. The third-order valence-electron chi connectivity index (χ3n) is 9.72. The number of amides is 1. The number of likely N-dealkylation sites (tertiary alicyclic amines) is 1. The monoisotopic (exact) mass is 758 g/mol. The molecule has 0 spiro atoms. The summed E-state index contributed by atoms with van der Waals surface area (Å²) in [5, 5.41) is 0. The van der Waals surface area contributed by atoms with Crippen molar-refractivity contribution in [1.82, 2.24) is 4.90 Å². The normalized spacial score (nSPS) is 18.7. The highest BCUT2D eigenvalue weighted by Crippen LogP contribution is 2.35. The van der Waals surface area contributed by atoms with Crippen LogP contribution in [-0.2, 0) is 48.3 Å². The minimum atomic E-state index is -3.63. The molecule has 2 unspecified atom stereocenters. The molecule has 54 heavy (non-hydrogen) atoms. The van der Waals surface area contributed by atoms with E-state index in [1.54, 1.807) is 12.0 Å². The number of ether oxygens (including phenoxy) is 5. The fourth-order valence-corrected chi connectivity index (χ4v) is 7.64. The SMILES string of the molecule is COc1ccccc1COCCCOc1ccc(C2CCN(C(=O)OCc3ccccc3)CC2OCc2ccccc2N2CCC[C@@H]2OS(C)(=O)=O)cc1. The van der Waals surface area contributed by atoms with Crippen molar-refractivity contribution >= 4 is 21.9 Å². The highest BCUT2D eigenvalue weighted by Gasteiger charge is 2.35. The lowest BCUT2D eigenvalue weighted by atomic mass is 9.87. The number of hydrogen-bond donors (Lipinski definition) is 0. The van der Waals surface area contributed by atoms with Gasteiger partial charge in [0.1, 0.15) is 24.3 Å². The summed E-state index contributed by atoms with van der Waals surface area (Å²) < 4.78 is 59.1. The zero-order valence-electron chi connectivity index (χ0n) is 31.0. The van der Waals surface area contributed by atoms with Crippen LogP contribution in [0.5, 0.6) is 11.5 Å². The Morgan fingerprint density at radius 1 is 0.796 bits per heavy atom. The van der Waals surface area contributed by atoms with Gasteiger partial charge >= 0.3 is 6.09 Å². The van der Waals surface area contributed by atoms with Gasteiger partial charge in [-0.25, -0.2) is 8.98 Å². The minimum absolute atomic E-state index is 0.0147. The summed E-state index contributed by atoms with van der Waals surface area (Å²) >= 11 is 0. The number of nitrogens with zero attached hydrogens (tertiary/aromatic N) is 2. The fourth-order valence-electron chi connectivity index (χ4n) is 7.03. The Labute approximate surface area is 318 Å². The molecule has 0 aliphatic carbocycles. The summed E-state index contributed by atoms with van der Waals surface area (Å²) in [6.45, 7) is 3.59. The van der Waals surface area contributed by atoms with Crippen LogP contribution in [0, 0.1) is 0 Å². The van der Waals surface area contributed by atoms with Crippen molar-refractivity contribution in [1.29, 1.82) is 0 Å². The lowest BCUT2D eigenvalue weighted by Crippen LogP contribution is -2.47. The lowest BCUT2D eigenvalue weighted by molar-refractivity contribution is -0.0245. The first-order valence-corrected chi connectivity index (χ1v) is 20.3. The van der Waals surface area contributed by atoms with E-state index < -0.39 is 16.3 Å². The van der Waals surface area contributed by atoms with E-state index in [0.717, 1.165) is 58.5 Å². The number of carbonyl (C=O) groups excluding carboxylic acids is 1. The van der Waals surface area contributed by atoms with Crippen LogP contribution in [0.1, 0.15) is 53.9 Å². The van der Waals surface area contributed by atoms with E-state index in [2.05, 4.69) is 12.1 Å². The van der Waals surface area contributed by atoms with Crippen LogP contribution < -0.4 is 14.4 Å². The molecule has 288 valence electrons. The van der Waals surface area contributed by atoms with Crippen LogP contribution in [-0.4, -0.2) is 78.0 Å². The predicted octanol–water partition coefficient (Wildman–Crippen LogP) is 7.29. The van der Waals surface area contributed by atoms with E-state index in [9.17, 15) is 13.2 Å². The first-order valence-electron chi connectivity index (χ1n) is 18.5. The molecule has 2 heterocycles. The second-order valence-electron chi connectivity index (χ2n) is 13.6. The molecule has 0 aromatic heterocycles. The molecule has 0 radical (unpaired) electrons. The number of anilines is 1. The third-order valence-corrected chi connectivity index (χ3v) is 10.3. The highest BCUT2D eigenvalue weighted by molar-refractivity contribution is 7.86. The Morgan fingerprint density at radius 3 is 2.31 bits per heavy atom. The van der Waals surface area contributed by atoms with Crippen molar-refractivity contribution in [2.24, 2.45) is 0 Å². The van der Waals surface area contributed by atoms with Crippen molar-refractivity contribution < 1.29 is 41.1 Å². The second kappa shape index (κ2) is 19.1. The summed E-state index contributed by atoms with van der Waals surface area (Å²) in [5.74, 6) is 1.60. The van der Waals surface area contributed by atoms with E-state index in [1.807, 2.05) is 95.9 Å². The van der Waals surface area contributed by atoms with Gasteiger partial charge in [-0.15, -0.1) is 0 Å². The third kappa shape index (κ3) is 11.0. The van der Waals surface area contributed by atoms with Gasteiger partial charge in [0.25, 0.3) is 10.1 Å². The summed E-state index contributed by atoms with van der Waals surface area (Å²) in [7, 11) is -1.97. The van der Waals surface area contributed by atoms with Crippen molar-refractivity contribution in [3.05, 3.63) is 125 Å². The van der Waals surface area contributed by atoms with Crippen molar-refractivity contribution in [3.63, 3.8) is 0 Å². The summed E-state index contributed by atoms with van der Waals surface area (Å²) in [5.41, 5.74) is 4.82. The van der Waals surface area contributed by atoms with Crippen LogP contribution >= 0.6 is 0 Å². The number of rotatable bonds is 17. The molecule has 3 atom stereocenters. The largest absolute Gasteiger partial charge is 0.496 e. The van der Waals surface area contributed by atoms with Crippen LogP contribution in [0.15, 0.2) is 103 Å². The lowest BCUT2D eigenvalue weighted by Gasteiger charge is -2.38. The first kappa shape index (κ1) is 39.1. The van der Waals surface area contributed by atoms with Crippen LogP contribution in [0.3, 0.4) is 0 Å². The molecule has 2 aliphatic heterocycles. The van der Waals surface area contributed by atoms with Crippen LogP contribution in [0.25, 0.3) is 0 Å². The molecule has 12 heteroatoms. The zero-order valence-corrected chi connectivity index (χ0v) is 31.8. The molecule has 4 aromatic rings. The standard InChI is InChI=1S/C42H50N2O9S/c1-48-39-17-9-7-15-35(39)30-49-26-11-27-50-36-21-19-33(20-22-36)37-23-25-43(42(45)52-29-32-12-4-3-5-13-32)28-40(37)51-31-34-14-6-8-16-38(34)44-24-10-18-41(44)53-54(2,46)47/h3-9,12-17,19-22,37,40-41H,10-11,18,23-31H2,1-2H3/t37?,40?,41-/m0/s1. The van der Waals surface area contributed by atoms with E-state index >= 15 is 0 Å². The summed E-state index contributed by atoms with van der Waals surface area (Å²) in [4.78, 5) is 17.0. The van der Waals surface area contributed by atoms with Crippen molar-refractivity contribution in [2.45, 2.75) is 63.8 Å². The van der Waals surface area contributed by atoms with Gasteiger partial charge in [-0.1, -0.05) is 78.9 Å². The van der Waals surface area contributed by atoms with Gasteiger partial charge < -0.3 is 33.5 Å². The summed E-state index contributed by atoms with van der Waals surface area (Å²) in [6.07, 6.45) is 2.67. The number of carbonyl (C=O) groups is 1. The zero-order chi connectivity index (χ0) is 37.8. The smallest absolute Gasteiger partial charge is 0.410 e. The number of para-hydroxylation sites is 2. The maximum atomic E-state index is 13.3. The van der Waals surface area contributed by atoms with Gasteiger partial charge in [0.05, 0.1) is 52.4 Å². The Bertz CT molecular complexity index is 1890. The Balaban J connectivity index is 1.09. The van der Waals surface area contributed by atoms with E-state index in [1.165, 1.54) is 0 Å². The average molecular weight is 759 g/mol. The molecule has 4 aromatic carbocycles. The van der Waals surface area contributed by atoms with Crippen LogP contribution in [0.4, 0.5) is 10.5 Å². The Morgan fingerprint density at radius 2 is 1.54 bits per heavy atom. The minimum Gasteiger partial charge on any atom is -0.496 e. The van der Waals surface area contributed by atoms with E-state index in [4.69, 9.17) is 27.9 Å². The molecule has 0 N–H and O–H groups in total. The van der Waals surface area contributed by atoms with Crippen LogP contribution in [0.2, 0.25) is 0 Å². The van der Waals surface area contributed by atoms with Gasteiger partial charge in [-0.3, -0.25) is 0 Å². The molecule has 1 amide bonds. The summed E-state index contributed by atoms with van der Waals surface area (Å²) in [6, 6.07) is 33.4. The second-order valence-corrected chi connectivity index (χ2v) is 15.2.